The molecule has 3 aromatic rings. The summed E-state index contributed by atoms with van der Waals surface area (Å²) in [6, 6.07) is 13.9. The first-order valence-electron chi connectivity index (χ1n) is 14.2. The molecule has 1 heterocycles. The van der Waals surface area contributed by atoms with Gasteiger partial charge >= 0.3 is 20.5 Å². The number of aromatic nitrogens is 3. The molecular formula is C29H40N6O6Si. The minimum atomic E-state index is -3.15. The van der Waals surface area contributed by atoms with Crippen molar-refractivity contribution in [1.82, 2.24) is 15.0 Å². The van der Waals surface area contributed by atoms with Gasteiger partial charge in [0.1, 0.15) is 0 Å². The molecule has 0 unspecified atom stereocenters. The van der Waals surface area contributed by atoms with Crippen LogP contribution < -0.4 is 16.0 Å². The van der Waals surface area contributed by atoms with Crippen molar-refractivity contribution in [2.24, 2.45) is 0 Å². The highest BCUT2D eigenvalue weighted by Gasteiger charge is 2.20. The van der Waals surface area contributed by atoms with Gasteiger partial charge in [0.05, 0.1) is 24.3 Å². The lowest BCUT2D eigenvalue weighted by molar-refractivity contribution is 0.0490. The Hall–Kier alpha value is -4.07. The van der Waals surface area contributed by atoms with E-state index in [0.717, 1.165) is 25.7 Å². The van der Waals surface area contributed by atoms with Crippen LogP contribution in [0.5, 0.6) is 0 Å². The fourth-order valence-electron chi connectivity index (χ4n) is 3.61. The Labute approximate surface area is 247 Å². The first kappa shape index (κ1) is 32.4. The molecule has 0 amide bonds. The zero-order chi connectivity index (χ0) is 30.4. The quantitative estimate of drug-likeness (QED) is 0.0792. The lowest BCUT2D eigenvalue weighted by atomic mass is 10.2. The number of benzene rings is 2. The number of ether oxygens (including phenoxy) is 2. The highest BCUT2D eigenvalue weighted by Crippen LogP contribution is 2.20. The van der Waals surface area contributed by atoms with E-state index in [9.17, 15) is 19.2 Å². The number of esters is 2. The molecule has 0 aliphatic rings. The normalized spacial score (nSPS) is 11.1. The number of carbonyl (C=O) groups excluding carboxylic acids is 2. The fourth-order valence-corrected chi connectivity index (χ4v) is 4.46. The van der Waals surface area contributed by atoms with E-state index in [4.69, 9.17) is 9.47 Å². The molecule has 0 bridgehead atoms. The zero-order valence-electron chi connectivity index (χ0n) is 24.4. The predicted molar refractivity (Wildman–Crippen MR) is 164 cm³/mol. The van der Waals surface area contributed by atoms with Crippen LogP contribution in [0.4, 0.5) is 29.2 Å². The van der Waals surface area contributed by atoms with Crippen LogP contribution in [0.15, 0.2) is 48.5 Å². The molecule has 0 fully saturated rings. The van der Waals surface area contributed by atoms with Crippen LogP contribution in [0.1, 0.15) is 66.7 Å². The lowest BCUT2D eigenvalue weighted by Gasteiger charge is -2.13. The molecule has 0 aliphatic heterocycles. The SMILES string of the molecule is CCCCOC(=O)c1ccc(Nc2nc(NCCC[Si](C)(O)O)nc(Nc3ccc(C(=O)OCCCC)cc3)n2)cc1. The molecule has 0 spiro atoms. The molecule has 0 atom stereocenters. The van der Waals surface area contributed by atoms with E-state index >= 15 is 0 Å². The Kier molecular flexibility index (Phi) is 12.7. The number of nitrogens with zero attached hydrogens (tertiary/aromatic N) is 3. The van der Waals surface area contributed by atoms with Crippen molar-refractivity contribution >= 4 is 49.7 Å². The molecular weight excluding hydrogens is 556 g/mol. The van der Waals surface area contributed by atoms with Gasteiger partial charge < -0.3 is 35.0 Å². The number of carbonyl (C=O) groups is 2. The smallest absolute Gasteiger partial charge is 0.338 e. The molecule has 1 aromatic heterocycles. The van der Waals surface area contributed by atoms with Gasteiger partial charge in [-0.05, 0) is 80.4 Å². The maximum absolute atomic E-state index is 12.2. The lowest BCUT2D eigenvalue weighted by Crippen LogP contribution is -2.30. The van der Waals surface area contributed by atoms with E-state index in [-0.39, 0.29) is 29.8 Å². The van der Waals surface area contributed by atoms with E-state index in [2.05, 4.69) is 30.9 Å². The summed E-state index contributed by atoms with van der Waals surface area (Å²) in [6.07, 6.45) is 4.04. The standard InChI is InChI=1S/C29H40N6O6Si/c1-4-6-18-40-25(36)21-9-13-23(14-10-21)31-28-33-27(30-17-8-20-42(3,38)39)34-29(35-28)32-24-15-11-22(12-16-24)26(37)41-19-7-5-2/h9-16,38-39H,4-8,17-20H2,1-3H3,(H3,30,31,32,33,34,35). The largest absolute Gasteiger partial charge is 0.462 e. The van der Waals surface area contributed by atoms with Gasteiger partial charge in [-0.2, -0.15) is 15.0 Å². The molecule has 3 rings (SSSR count). The van der Waals surface area contributed by atoms with E-state index < -0.39 is 8.56 Å². The summed E-state index contributed by atoms with van der Waals surface area (Å²) in [7, 11) is -3.15. The minimum Gasteiger partial charge on any atom is -0.462 e. The van der Waals surface area contributed by atoms with Crippen LogP contribution in [0, 0.1) is 0 Å². The van der Waals surface area contributed by atoms with Crippen LogP contribution in [-0.2, 0) is 9.47 Å². The van der Waals surface area contributed by atoms with Crippen molar-refractivity contribution in [3.8, 4) is 0 Å². The van der Waals surface area contributed by atoms with Crippen molar-refractivity contribution in [2.45, 2.75) is 58.5 Å². The molecule has 0 saturated carbocycles. The summed E-state index contributed by atoms with van der Waals surface area (Å²) >= 11 is 0. The maximum atomic E-state index is 12.2. The third-order valence-corrected chi connectivity index (χ3v) is 7.26. The Morgan fingerprint density at radius 1 is 0.714 bits per heavy atom. The maximum Gasteiger partial charge on any atom is 0.338 e. The molecule has 42 heavy (non-hydrogen) atoms. The highest BCUT2D eigenvalue weighted by atomic mass is 28.4. The third-order valence-electron chi connectivity index (χ3n) is 5.96. The summed E-state index contributed by atoms with van der Waals surface area (Å²) in [4.78, 5) is 57.1. The first-order valence-corrected chi connectivity index (χ1v) is 16.8. The Morgan fingerprint density at radius 2 is 1.14 bits per heavy atom. The van der Waals surface area contributed by atoms with E-state index in [1.807, 2.05) is 13.8 Å². The van der Waals surface area contributed by atoms with E-state index in [0.29, 0.717) is 54.7 Å². The molecule has 5 N–H and O–H groups in total. The second-order valence-corrected chi connectivity index (χ2v) is 12.9. The van der Waals surface area contributed by atoms with Crippen molar-refractivity contribution in [2.75, 3.05) is 35.7 Å². The van der Waals surface area contributed by atoms with Gasteiger partial charge in [0.25, 0.3) is 0 Å². The fraction of sp³-hybridized carbons (Fsp3) is 0.414. The van der Waals surface area contributed by atoms with E-state index in [1.165, 1.54) is 6.55 Å². The van der Waals surface area contributed by atoms with Gasteiger partial charge in [-0.25, -0.2) is 9.59 Å². The molecule has 12 nitrogen and oxygen atoms in total. The zero-order valence-corrected chi connectivity index (χ0v) is 25.4. The van der Waals surface area contributed by atoms with Gasteiger partial charge in [-0.1, -0.05) is 26.7 Å². The van der Waals surface area contributed by atoms with Crippen LogP contribution in [0.3, 0.4) is 0 Å². The Balaban J connectivity index is 1.73. The van der Waals surface area contributed by atoms with Gasteiger partial charge in [-0.15, -0.1) is 0 Å². The summed E-state index contributed by atoms with van der Waals surface area (Å²) in [5.74, 6) is 0.0129. The van der Waals surface area contributed by atoms with Crippen LogP contribution in [0.25, 0.3) is 0 Å². The van der Waals surface area contributed by atoms with Crippen molar-refractivity contribution < 1.29 is 28.7 Å². The average Bonchev–Trinajstić information content (AvgIpc) is 2.96. The van der Waals surface area contributed by atoms with Crippen LogP contribution in [-0.4, -0.2) is 64.8 Å². The highest BCUT2D eigenvalue weighted by molar-refractivity contribution is 6.63. The molecule has 0 saturated heterocycles. The molecule has 2 aromatic carbocycles. The number of anilines is 5. The first-order chi connectivity index (χ1) is 20.2. The average molecular weight is 597 g/mol. The minimum absolute atomic E-state index is 0.243. The Bertz CT molecular complexity index is 1200. The van der Waals surface area contributed by atoms with Crippen LogP contribution >= 0.6 is 0 Å². The molecule has 0 radical (unpaired) electrons. The number of rotatable bonds is 17. The van der Waals surface area contributed by atoms with Gasteiger partial charge in [0, 0.05) is 17.9 Å². The topological polar surface area (TPSA) is 168 Å². The van der Waals surface area contributed by atoms with Gasteiger partial charge in [-0.3, -0.25) is 0 Å². The van der Waals surface area contributed by atoms with E-state index in [1.54, 1.807) is 48.5 Å². The number of hydrogen-bond acceptors (Lipinski definition) is 12. The second-order valence-electron chi connectivity index (χ2n) is 9.94. The summed E-state index contributed by atoms with van der Waals surface area (Å²) in [5, 5.41) is 9.35. The second kappa shape index (κ2) is 16.4. The number of nitrogens with one attached hydrogen (secondary N) is 3. The van der Waals surface area contributed by atoms with Gasteiger partial charge in [0.15, 0.2) is 0 Å². The summed E-state index contributed by atoms with van der Waals surface area (Å²) in [6.45, 7) is 6.72. The number of hydrogen-bond donors (Lipinski definition) is 5. The monoisotopic (exact) mass is 596 g/mol. The van der Waals surface area contributed by atoms with Gasteiger partial charge in [0.2, 0.25) is 17.8 Å². The molecule has 0 aliphatic carbocycles. The predicted octanol–water partition coefficient (Wildman–Crippen LogP) is 5.13. The third kappa shape index (κ3) is 11.4. The number of unbranched alkanes of at least 4 members (excludes halogenated alkanes) is 2. The summed E-state index contributed by atoms with van der Waals surface area (Å²) in [5.41, 5.74) is 2.18. The van der Waals surface area contributed by atoms with Crippen molar-refractivity contribution in [1.29, 1.82) is 0 Å². The van der Waals surface area contributed by atoms with Crippen molar-refractivity contribution in [3.63, 3.8) is 0 Å². The summed E-state index contributed by atoms with van der Waals surface area (Å²) < 4.78 is 10.5. The molecule has 226 valence electrons. The Morgan fingerprint density at radius 3 is 1.55 bits per heavy atom. The van der Waals surface area contributed by atoms with Crippen molar-refractivity contribution in [3.05, 3.63) is 59.7 Å². The molecule has 13 heteroatoms. The van der Waals surface area contributed by atoms with Crippen LogP contribution in [0.2, 0.25) is 12.6 Å².